The molecule has 0 aliphatic carbocycles. The van der Waals surface area contributed by atoms with Crippen LogP contribution in [-0.2, 0) is 24.5 Å². The van der Waals surface area contributed by atoms with Crippen molar-refractivity contribution in [2.24, 2.45) is 0 Å². The van der Waals surface area contributed by atoms with Crippen LogP contribution >= 0.6 is 0 Å². The van der Waals surface area contributed by atoms with Crippen LogP contribution in [0.5, 0.6) is 0 Å². The van der Waals surface area contributed by atoms with Gasteiger partial charge in [-0.25, -0.2) is 0 Å². The second-order valence-electron chi connectivity index (χ2n) is 0.0745. The van der Waals surface area contributed by atoms with Gasteiger partial charge < -0.3 is 0 Å². The minimum atomic E-state index is -1.81. The quantitative estimate of drug-likeness (QED) is 0.454. The van der Waals surface area contributed by atoms with Gasteiger partial charge in [-0.3, -0.25) is 0 Å². The molecule has 2 radical (unpaired) electrons. The van der Waals surface area contributed by atoms with Crippen LogP contribution < -0.4 is 0 Å². The summed E-state index contributed by atoms with van der Waals surface area (Å²) in [7, 11) is 0. The third kappa shape index (κ3) is 16.4. The van der Waals surface area contributed by atoms with E-state index in [0.29, 0.717) is 0 Å². The summed E-state index contributed by atoms with van der Waals surface area (Å²) in [5.41, 5.74) is 0. The molecule has 0 aliphatic rings. The van der Waals surface area contributed by atoms with Crippen LogP contribution in [0.2, 0.25) is 0 Å². The molecule has 0 N–H and O–H groups in total. The molecule has 0 rings (SSSR count). The van der Waals surface area contributed by atoms with Crippen LogP contribution in [0.15, 0.2) is 0 Å². The summed E-state index contributed by atoms with van der Waals surface area (Å²) in [5, 5.41) is 0. The van der Waals surface area contributed by atoms with Gasteiger partial charge in [0.15, 0.2) is 0 Å². The zero-order chi connectivity index (χ0) is 2.71. The summed E-state index contributed by atoms with van der Waals surface area (Å²) < 4.78 is 16.9. The Hall–Kier alpha value is 0.678. The minimum absolute atomic E-state index is 0. The first-order valence-electron chi connectivity index (χ1n) is 0.365. The summed E-state index contributed by atoms with van der Waals surface area (Å²) >= 11 is -1.81. The molecule has 4 heavy (non-hydrogen) atoms. The Labute approximate surface area is 40.6 Å². The first-order valence-corrected chi connectivity index (χ1v) is 1.90. The van der Waals surface area contributed by atoms with Crippen molar-refractivity contribution in [3.8, 4) is 0 Å². The first kappa shape index (κ1) is 8.82. The van der Waals surface area contributed by atoms with Crippen molar-refractivity contribution in [3.05, 3.63) is 0 Å². The maximum atomic E-state index is 8.47. The number of rotatable bonds is 0. The molecule has 0 saturated carbocycles. The molecule has 0 unspecified atom stereocenters. The number of hydrogen-bond donors (Lipinski definition) is 0. The van der Waals surface area contributed by atoms with Gasteiger partial charge in [-0.05, 0) is 0 Å². The maximum absolute atomic E-state index is 8.47. The molecule has 0 aliphatic heterocycles. The number of hydrogen-bond acceptors (Lipinski definition) is 2. The van der Waals surface area contributed by atoms with E-state index >= 15 is 0 Å². The molecule has 0 aromatic carbocycles. The minimum Gasteiger partial charge on any atom is 0 e. The first-order chi connectivity index (χ1) is 1.41. The van der Waals surface area contributed by atoms with Gasteiger partial charge in [0.2, 0.25) is 0 Å². The monoisotopic (exact) mass is 170 g/mol. The molecule has 2 nitrogen and oxygen atoms in total. The van der Waals surface area contributed by atoms with E-state index < -0.39 is 15.6 Å². The Morgan fingerprint density at radius 1 is 1.25 bits per heavy atom. The molecule has 0 atom stereocenters. The predicted octanol–water partition coefficient (Wildman–Crippen LogP) is -0.621. The van der Waals surface area contributed by atoms with Crippen LogP contribution in [0, 0.1) is 0 Å². The smallest absolute Gasteiger partial charge is 0 e. The van der Waals surface area contributed by atoms with Gasteiger partial charge in [0, 0.05) is 17.1 Å². The van der Waals surface area contributed by atoms with Crippen LogP contribution in [0.1, 0.15) is 0 Å². The Morgan fingerprint density at radius 2 is 1.25 bits per heavy atom. The maximum Gasteiger partial charge on any atom is 0 e. The van der Waals surface area contributed by atoms with Crippen LogP contribution in [0.3, 0.4) is 0 Å². The van der Waals surface area contributed by atoms with Crippen LogP contribution in [-0.4, -0.2) is 15.6 Å². The molecule has 0 amide bonds. The molecule has 0 heterocycles. The average Bonchev–Trinajstić information content (AvgIpc) is 0.918. The SMILES string of the molecule is O=[As]=O.[Cu]. The van der Waals surface area contributed by atoms with Gasteiger partial charge in [0.25, 0.3) is 0 Å². The molecule has 0 spiro atoms. The molecule has 28 valence electrons. The van der Waals surface area contributed by atoms with E-state index in [1.807, 2.05) is 0 Å². The summed E-state index contributed by atoms with van der Waals surface area (Å²) in [5.74, 6) is 0. The van der Waals surface area contributed by atoms with E-state index in [0.717, 1.165) is 0 Å². The largest absolute Gasteiger partial charge is 0 e. The van der Waals surface area contributed by atoms with Gasteiger partial charge in [-0.15, -0.1) is 0 Å². The van der Waals surface area contributed by atoms with Crippen molar-refractivity contribution < 1.29 is 24.5 Å². The molecule has 0 saturated heterocycles. The van der Waals surface area contributed by atoms with Crippen molar-refractivity contribution in [2.45, 2.75) is 0 Å². The van der Waals surface area contributed by atoms with Crippen molar-refractivity contribution in [3.63, 3.8) is 0 Å². The van der Waals surface area contributed by atoms with Crippen LogP contribution in [0.4, 0.5) is 0 Å². The van der Waals surface area contributed by atoms with Crippen LogP contribution in [0.25, 0.3) is 0 Å². The van der Waals surface area contributed by atoms with Gasteiger partial charge in [-0.2, -0.15) is 0 Å². The second-order valence-corrected chi connectivity index (χ2v) is 0.387. The summed E-state index contributed by atoms with van der Waals surface area (Å²) in [4.78, 5) is 0. The van der Waals surface area contributed by atoms with Crippen molar-refractivity contribution in [2.75, 3.05) is 0 Å². The predicted molar refractivity (Wildman–Crippen MR) is 7.13 cm³/mol. The fraction of sp³-hybridized carbons (Fsp3) is 0. The van der Waals surface area contributed by atoms with E-state index in [-0.39, 0.29) is 17.1 Å². The Morgan fingerprint density at radius 3 is 1.25 bits per heavy atom. The second kappa shape index (κ2) is 9.37. The fourth-order valence-electron chi connectivity index (χ4n) is 0. The van der Waals surface area contributed by atoms with E-state index in [1.54, 1.807) is 0 Å². The zero-order valence-corrected chi connectivity index (χ0v) is 4.38. The zero-order valence-electron chi connectivity index (χ0n) is 1.57. The molecular formula is AsCuO2. The molecule has 0 bridgehead atoms. The Bertz CT molecular complexity index is 27.0. The molecule has 4 heteroatoms. The summed E-state index contributed by atoms with van der Waals surface area (Å²) in [6, 6.07) is 0. The fourth-order valence-corrected chi connectivity index (χ4v) is 0. The van der Waals surface area contributed by atoms with Crippen molar-refractivity contribution in [1.29, 1.82) is 0 Å². The summed E-state index contributed by atoms with van der Waals surface area (Å²) in [6.07, 6.45) is 0. The molecule has 0 fully saturated rings. The van der Waals surface area contributed by atoms with Gasteiger partial charge in [0.05, 0.1) is 0 Å². The van der Waals surface area contributed by atoms with Crippen molar-refractivity contribution in [1.82, 2.24) is 0 Å². The van der Waals surface area contributed by atoms with Gasteiger partial charge in [-0.1, -0.05) is 0 Å². The Kier molecular flexibility index (Phi) is 20.7. The average molecular weight is 170 g/mol. The topological polar surface area (TPSA) is 34.1 Å². The Balaban J connectivity index is 0. The standard InChI is InChI=1S/AsO2.Cu/c2-1-3;. The molecular weight excluding hydrogens is 170 g/mol. The normalized spacial score (nSPS) is 2.00. The van der Waals surface area contributed by atoms with E-state index in [2.05, 4.69) is 0 Å². The van der Waals surface area contributed by atoms with Crippen molar-refractivity contribution >= 4 is 15.6 Å². The molecule has 0 aromatic rings. The third-order valence-corrected chi connectivity index (χ3v) is 0. The van der Waals surface area contributed by atoms with E-state index in [4.69, 9.17) is 7.48 Å². The van der Waals surface area contributed by atoms with E-state index in [1.165, 1.54) is 0 Å². The molecule has 0 aromatic heterocycles. The van der Waals surface area contributed by atoms with Gasteiger partial charge >= 0.3 is 23.1 Å². The van der Waals surface area contributed by atoms with E-state index in [9.17, 15) is 0 Å². The summed E-state index contributed by atoms with van der Waals surface area (Å²) in [6.45, 7) is 0. The third-order valence-electron chi connectivity index (χ3n) is 0. The van der Waals surface area contributed by atoms with Gasteiger partial charge in [0.1, 0.15) is 0 Å².